The molecule has 33 heavy (non-hydrogen) atoms. The van der Waals surface area contributed by atoms with Gasteiger partial charge in [0, 0.05) is 11.4 Å². The number of nitrogens with zero attached hydrogens (tertiary/aromatic N) is 1. The Morgan fingerprint density at radius 2 is 1.61 bits per heavy atom. The Labute approximate surface area is 201 Å². The van der Waals surface area contributed by atoms with Crippen molar-refractivity contribution in [3.05, 3.63) is 76.3 Å². The average molecular weight is 481 g/mol. The van der Waals surface area contributed by atoms with Crippen LogP contribution < -0.4 is 5.32 Å². The van der Waals surface area contributed by atoms with E-state index >= 15 is 0 Å². The lowest BCUT2D eigenvalue weighted by atomic mass is 9.63. The molecule has 1 N–H and O–H groups in total. The summed E-state index contributed by atoms with van der Waals surface area (Å²) in [4.78, 5) is 42.1. The average Bonchev–Trinajstić information content (AvgIpc) is 3.59. The van der Waals surface area contributed by atoms with Crippen molar-refractivity contribution >= 4 is 46.6 Å². The molecular formula is C26H22Cl2N2O3. The number of rotatable bonds is 5. The minimum absolute atomic E-state index is 0.109. The van der Waals surface area contributed by atoms with Crippen LogP contribution in [0.15, 0.2) is 60.7 Å². The number of nitrogens with one attached hydrogen (secondary N) is 1. The van der Waals surface area contributed by atoms with E-state index < -0.39 is 11.9 Å². The summed E-state index contributed by atoms with van der Waals surface area (Å²) in [5.41, 5.74) is 1.27. The van der Waals surface area contributed by atoms with Crippen LogP contribution in [0.2, 0.25) is 10.0 Å². The second-order valence-corrected chi connectivity index (χ2v) is 10.4. The van der Waals surface area contributed by atoms with Crippen molar-refractivity contribution in [1.82, 2.24) is 4.90 Å². The molecule has 0 aromatic heterocycles. The molecule has 7 rings (SSSR count). The minimum Gasteiger partial charge on any atom is -0.323 e. The molecule has 5 aliphatic rings. The van der Waals surface area contributed by atoms with Crippen molar-refractivity contribution in [3.63, 3.8) is 0 Å². The summed E-state index contributed by atoms with van der Waals surface area (Å²) in [7, 11) is 0. The van der Waals surface area contributed by atoms with Gasteiger partial charge in [0.25, 0.3) is 0 Å². The third-order valence-corrected chi connectivity index (χ3v) is 8.32. The van der Waals surface area contributed by atoms with Crippen molar-refractivity contribution in [2.75, 3.05) is 5.32 Å². The third kappa shape index (κ3) is 3.32. The molecule has 1 aliphatic heterocycles. The van der Waals surface area contributed by atoms with Gasteiger partial charge in [0.2, 0.25) is 17.7 Å². The molecule has 3 amide bonds. The fourth-order valence-electron chi connectivity index (χ4n) is 6.23. The highest BCUT2D eigenvalue weighted by Gasteiger charge is 2.67. The number of amides is 3. The van der Waals surface area contributed by atoms with Crippen LogP contribution >= 0.6 is 23.2 Å². The molecule has 3 fully saturated rings. The fraction of sp³-hybridized carbons (Fsp3) is 0.346. The molecular weight excluding hydrogens is 459 g/mol. The molecule has 2 saturated carbocycles. The van der Waals surface area contributed by atoms with Gasteiger partial charge in [0.15, 0.2) is 0 Å². The third-order valence-electron chi connectivity index (χ3n) is 7.77. The number of imide groups is 1. The van der Waals surface area contributed by atoms with Crippen LogP contribution in [0.1, 0.15) is 12.0 Å². The van der Waals surface area contributed by atoms with Gasteiger partial charge in [0.1, 0.15) is 6.04 Å². The van der Waals surface area contributed by atoms with E-state index in [0.717, 1.165) is 12.0 Å². The van der Waals surface area contributed by atoms with Gasteiger partial charge in [-0.05, 0) is 53.9 Å². The number of carbonyl (C=O) groups excluding carboxylic acids is 3. The second kappa shape index (κ2) is 7.71. The van der Waals surface area contributed by atoms with Gasteiger partial charge >= 0.3 is 0 Å². The van der Waals surface area contributed by atoms with Crippen LogP contribution in [0.5, 0.6) is 0 Å². The highest BCUT2D eigenvalue weighted by Crippen LogP contribution is 2.65. The highest BCUT2D eigenvalue weighted by molar-refractivity contribution is 6.36. The molecule has 2 bridgehead atoms. The maximum absolute atomic E-state index is 13.7. The van der Waals surface area contributed by atoms with E-state index in [-0.39, 0.29) is 41.9 Å². The molecule has 0 unspecified atom stereocenters. The van der Waals surface area contributed by atoms with Gasteiger partial charge < -0.3 is 5.32 Å². The summed E-state index contributed by atoms with van der Waals surface area (Å²) in [5, 5.41) is 3.57. The zero-order valence-electron chi connectivity index (χ0n) is 17.7. The number of halogens is 2. The molecule has 0 spiro atoms. The van der Waals surface area contributed by atoms with Crippen molar-refractivity contribution in [1.29, 1.82) is 0 Å². The van der Waals surface area contributed by atoms with Crippen LogP contribution in [-0.4, -0.2) is 28.7 Å². The zero-order valence-corrected chi connectivity index (χ0v) is 19.2. The number of allylic oxidation sites excluding steroid dienone is 2. The maximum Gasteiger partial charge on any atom is 0.248 e. The van der Waals surface area contributed by atoms with Gasteiger partial charge in [-0.1, -0.05) is 65.7 Å². The number of hydrogen-bond acceptors (Lipinski definition) is 3. The number of carbonyl (C=O) groups is 3. The minimum atomic E-state index is -0.958. The Morgan fingerprint density at radius 3 is 2.21 bits per heavy atom. The van der Waals surface area contributed by atoms with Crippen molar-refractivity contribution in [3.8, 4) is 0 Å². The fourth-order valence-corrected chi connectivity index (χ4v) is 6.69. The number of likely N-dealkylation sites (tertiary alicyclic amines) is 1. The molecule has 0 radical (unpaired) electrons. The summed E-state index contributed by atoms with van der Waals surface area (Å²) < 4.78 is 0. The first-order chi connectivity index (χ1) is 15.9. The van der Waals surface area contributed by atoms with Crippen LogP contribution in [-0.2, 0) is 20.8 Å². The lowest BCUT2D eigenvalue weighted by Crippen LogP contribution is -2.49. The smallest absolute Gasteiger partial charge is 0.248 e. The maximum atomic E-state index is 13.7. The molecule has 7 heteroatoms. The van der Waals surface area contributed by atoms with Gasteiger partial charge in [0.05, 0.1) is 22.5 Å². The molecule has 1 saturated heterocycles. The highest BCUT2D eigenvalue weighted by atomic mass is 35.5. The van der Waals surface area contributed by atoms with Gasteiger partial charge in [-0.15, -0.1) is 0 Å². The largest absolute Gasteiger partial charge is 0.323 e. The van der Waals surface area contributed by atoms with E-state index in [1.165, 1.54) is 4.90 Å². The first-order valence-electron chi connectivity index (χ1n) is 11.3. The molecule has 7 atom stereocenters. The Bertz CT molecular complexity index is 1160. The van der Waals surface area contributed by atoms with Crippen molar-refractivity contribution in [2.24, 2.45) is 35.5 Å². The van der Waals surface area contributed by atoms with Crippen LogP contribution in [0.25, 0.3) is 0 Å². The summed E-state index contributed by atoms with van der Waals surface area (Å²) in [6.45, 7) is 0. The van der Waals surface area contributed by atoms with Crippen LogP contribution in [0, 0.1) is 35.5 Å². The second-order valence-electron chi connectivity index (χ2n) is 9.52. The predicted octanol–water partition coefficient (Wildman–Crippen LogP) is 4.60. The van der Waals surface area contributed by atoms with Crippen LogP contribution in [0.3, 0.4) is 0 Å². The summed E-state index contributed by atoms with van der Waals surface area (Å²) in [6, 6.07) is 13.3. The quantitative estimate of drug-likeness (QED) is 0.502. The van der Waals surface area contributed by atoms with E-state index in [0.29, 0.717) is 27.6 Å². The van der Waals surface area contributed by atoms with Gasteiger partial charge in [-0.3, -0.25) is 19.3 Å². The Kier molecular flexibility index (Phi) is 4.89. The van der Waals surface area contributed by atoms with E-state index in [2.05, 4.69) is 17.5 Å². The van der Waals surface area contributed by atoms with Crippen molar-refractivity contribution in [2.45, 2.75) is 18.9 Å². The van der Waals surface area contributed by atoms with E-state index in [1.807, 2.05) is 30.3 Å². The SMILES string of the molecule is O=C(Nc1ccc(Cl)cc1Cl)[C@H](Cc1ccccc1)N1C(=O)[C@@H]2[C@H]3C=C[C@@H]([C@@H]4C[C@@H]34)[C@H]2C1=O. The summed E-state index contributed by atoms with van der Waals surface area (Å²) in [5.74, 6) is -0.326. The number of anilines is 1. The van der Waals surface area contributed by atoms with Gasteiger partial charge in [-0.2, -0.15) is 0 Å². The van der Waals surface area contributed by atoms with E-state index in [9.17, 15) is 14.4 Å². The molecule has 168 valence electrons. The topological polar surface area (TPSA) is 66.5 Å². The predicted molar refractivity (Wildman–Crippen MR) is 126 cm³/mol. The van der Waals surface area contributed by atoms with Crippen LogP contribution in [0.4, 0.5) is 5.69 Å². The van der Waals surface area contributed by atoms with Gasteiger partial charge in [-0.25, -0.2) is 0 Å². The van der Waals surface area contributed by atoms with E-state index in [4.69, 9.17) is 23.2 Å². The first kappa shape index (κ1) is 20.9. The molecule has 5 nitrogen and oxygen atoms in total. The van der Waals surface area contributed by atoms with Crippen molar-refractivity contribution < 1.29 is 14.4 Å². The molecule has 2 aromatic rings. The lowest BCUT2D eigenvalue weighted by Gasteiger charge is -2.37. The molecule has 1 heterocycles. The normalized spacial score (nSPS) is 31.9. The van der Waals surface area contributed by atoms with E-state index in [1.54, 1.807) is 18.2 Å². The number of hydrogen-bond donors (Lipinski definition) is 1. The summed E-state index contributed by atoms with van der Waals surface area (Å²) >= 11 is 12.3. The lowest BCUT2D eigenvalue weighted by molar-refractivity contribution is -0.146. The Balaban J connectivity index is 1.34. The zero-order chi connectivity index (χ0) is 22.9. The molecule has 2 aromatic carbocycles. The Morgan fingerprint density at radius 1 is 0.970 bits per heavy atom. The number of benzene rings is 2. The summed E-state index contributed by atoms with van der Waals surface area (Å²) in [6.07, 6.45) is 5.60. The standard InChI is InChI=1S/C26H22Cl2N2O3/c27-14-6-9-20(19(28)11-14)29-24(31)21(10-13-4-2-1-3-5-13)30-25(32)22-15-7-8-16(18-12-17(15)18)23(22)26(30)33/h1-9,11,15-18,21-23H,10,12H2,(H,29,31)/t15-,16-,17-,18-,21-,22+,23+/m0/s1. The Hall–Kier alpha value is -2.63. The monoisotopic (exact) mass is 480 g/mol. The first-order valence-corrected chi connectivity index (χ1v) is 12.0. The molecule has 4 aliphatic carbocycles.